The van der Waals surface area contributed by atoms with Crippen LogP contribution in [-0.4, -0.2) is 51.6 Å². The highest BCUT2D eigenvalue weighted by Crippen LogP contribution is 2.31. The lowest BCUT2D eigenvalue weighted by Gasteiger charge is -2.35. The number of rotatable bonds is 5. The molecule has 0 atom stereocenters. The summed E-state index contributed by atoms with van der Waals surface area (Å²) in [6, 6.07) is 14.0. The minimum absolute atomic E-state index is 0.328. The predicted molar refractivity (Wildman–Crippen MR) is 113 cm³/mol. The van der Waals surface area contributed by atoms with Crippen molar-refractivity contribution in [2.45, 2.75) is 19.8 Å². The third kappa shape index (κ3) is 3.72. The lowest BCUT2D eigenvalue weighted by Crippen LogP contribution is -3.16. The molecule has 4 rings (SSSR count). The Morgan fingerprint density at radius 3 is 2.34 bits per heavy atom. The van der Waals surface area contributed by atoms with E-state index in [1.807, 2.05) is 30.3 Å². The van der Waals surface area contributed by atoms with Crippen LogP contribution in [0.5, 0.6) is 5.75 Å². The van der Waals surface area contributed by atoms with Crippen molar-refractivity contribution in [2.24, 2.45) is 0 Å². The second-order valence-electron chi connectivity index (χ2n) is 8.09. The van der Waals surface area contributed by atoms with E-state index in [2.05, 4.69) is 30.9 Å². The lowest BCUT2D eigenvalue weighted by molar-refractivity contribution is -0.899. The summed E-state index contributed by atoms with van der Waals surface area (Å²) in [4.78, 5) is 30.4. The van der Waals surface area contributed by atoms with Gasteiger partial charge in [0.2, 0.25) is 0 Å². The monoisotopic (exact) mass is 394 g/mol. The molecule has 152 valence electrons. The molecule has 1 N–H and O–H groups in total. The quantitative estimate of drug-likeness (QED) is 0.785. The van der Waals surface area contributed by atoms with Crippen LogP contribution in [0.4, 0.5) is 11.4 Å². The molecule has 1 saturated heterocycles. The molecule has 29 heavy (non-hydrogen) atoms. The van der Waals surface area contributed by atoms with E-state index in [-0.39, 0.29) is 5.78 Å². The van der Waals surface area contributed by atoms with Gasteiger partial charge >= 0.3 is 5.91 Å². The molecule has 2 heterocycles. The van der Waals surface area contributed by atoms with Crippen LogP contribution in [0.1, 0.15) is 35.7 Å². The zero-order valence-corrected chi connectivity index (χ0v) is 17.3. The minimum atomic E-state index is -0.397. The molecule has 2 aromatic carbocycles. The van der Waals surface area contributed by atoms with Gasteiger partial charge in [-0.25, -0.2) is 0 Å². The molecule has 2 aliphatic rings. The van der Waals surface area contributed by atoms with E-state index >= 15 is 0 Å². The van der Waals surface area contributed by atoms with Gasteiger partial charge < -0.3 is 14.5 Å². The molecular weight excluding hydrogens is 366 g/mol. The van der Waals surface area contributed by atoms with Crippen LogP contribution in [0, 0.1) is 0 Å². The summed E-state index contributed by atoms with van der Waals surface area (Å²) in [5.41, 5.74) is 3.59. The summed E-state index contributed by atoms with van der Waals surface area (Å²) >= 11 is 0. The SMILES string of the molecule is COc1ccc(N2CC[NH+](CN3C(=O)C(=O)c4cc(C(C)C)ccc43)CC2)cc1. The predicted octanol–water partition coefficient (Wildman–Crippen LogP) is 1.71. The molecule has 6 nitrogen and oxygen atoms in total. The fourth-order valence-electron chi connectivity index (χ4n) is 4.09. The normalized spacial score (nSPS) is 17.2. The van der Waals surface area contributed by atoms with E-state index in [0.29, 0.717) is 18.2 Å². The van der Waals surface area contributed by atoms with Crippen molar-refractivity contribution in [2.75, 3.05) is 49.8 Å². The van der Waals surface area contributed by atoms with Crippen molar-refractivity contribution in [3.05, 3.63) is 53.6 Å². The number of carbonyl (C=O) groups excluding carboxylic acids is 2. The largest absolute Gasteiger partial charge is 0.497 e. The number of piperazine rings is 1. The van der Waals surface area contributed by atoms with E-state index in [1.165, 1.54) is 10.6 Å². The van der Waals surface area contributed by atoms with Gasteiger partial charge in [-0.3, -0.25) is 14.5 Å². The van der Waals surface area contributed by atoms with E-state index in [4.69, 9.17) is 4.74 Å². The molecule has 1 fully saturated rings. The third-order valence-corrected chi connectivity index (χ3v) is 5.95. The van der Waals surface area contributed by atoms with Gasteiger partial charge in [-0.1, -0.05) is 19.9 Å². The first-order valence-corrected chi connectivity index (χ1v) is 10.2. The number of hydrogen-bond acceptors (Lipinski definition) is 4. The van der Waals surface area contributed by atoms with Gasteiger partial charge in [0.15, 0.2) is 6.67 Å². The van der Waals surface area contributed by atoms with Crippen molar-refractivity contribution >= 4 is 23.1 Å². The summed E-state index contributed by atoms with van der Waals surface area (Å²) in [7, 11) is 1.67. The van der Waals surface area contributed by atoms with E-state index < -0.39 is 5.91 Å². The van der Waals surface area contributed by atoms with Crippen LogP contribution < -0.4 is 19.4 Å². The van der Waals surface area contributed by atoms with Crippen molar-refractivity contribution in [1.29, 1.82) is 0 Å². The van der Waals surface area contributed by atoms with Crippen LogP contribution in [0.15, 0.2) is 42.5 Å². The van der Waals surface area contributed by atoms with Crippen LogP contribution in [-0.2, 0) is 4.79 Å². The standard InChI is InChI=1S/C23H27N3O3/c1-16(2)17-4-9-21-20(14-17)22(27)23(28)26(21)15-24-10-12-25(13-11-24)18-5-7-19(29-3)8-6-18/h4-9,14,16H,10-13,15H2,1-3H3/p+1. The number of ketones is 1. The first-order chi connectivity index (χ1) is 14.0. The fourth-order valence-corrected chi connectivity index (χ4v) is 4.09. The summed E-state index contributed by atoms with van der Waals surface area (Å²) in [6.45, 7) is 8.38. The number of ether oxygens (including phenoxy) is 1. The number of anilines is 2. The minimum Gasteiger partial charge on any atom is -0.497 e. The van der Waals surface area contributed by atoms with Gasteiger partial charge in [-0.05, 0) is 47.9 Å². The summed E-state index contributed by atoms with van der Waals surface area (Å²) < 4.78 is 5.23. The molecule has 0 unspecified atom stereocenters. The number of amides is 1. The Bertz CT molecular complexity index is 915. The van der Waals surface area contributed by atoms with Crippen LogP contribution in [0.2, 0.25) is 0 Å². The Kier molecular flexibility index (Phi) is 5.28. The maximum absolute atomic E-state index is 12.6. The number of fused-ring (bicyclic) bond motifs is 1. The Balaban J connectivity index is 1.42. The highest BCUT2D eigenvalue weighted by atomic mass is 16.5. The molecule has 0 radical (unpaired) electrons. The van der Waals surface area contributed by atoms with Crippen molar-refractivity contribution in [3.8, 4) is 5.75 Å². The molecule has 0 saturated carbocycles. The molecule has 6 heteroatoms. The fraction of sp³-hybridized carbons (Fsp3) is 0.391. The van der Waals surface area contributed by atoms with Gasteiger partial charge in [-0.2, -0.15) is 0 Å². The number of nitrogens with one attached hydrogen (secondary N) is 1. The molecule has 0 aliphatic carbocycles. The lowest BCUT2D eigenvalue weighted by atomic mass is 9.99. The van der Waals surface area contributed by atoms with Gasteiger partial charge in [0.25, 0.3) is 5.78 Å². The number of carbonyl (C=O) groups is 2. The van der Waals surface area contributed by atoms with Crippen LogP contribution in [0.3, 0.4) is 0 Å². The molecular formula is C23H28N3O3+. The Morgan fingerprint density at radius 1 is 1.03 bits per heavy atom. The summed E-state index contributed by atoms with van der Waals surface area (Å²) in [5.74, 6) is 0.410. The van der Waals surface area contributed by atoms with E-state index in [9.17, 15) is 9.59 Å². The van der Waals surface area contributed by atoms with Crippen LogP contribution >= 0.6 is 0 Å². The van der Waals surface area contributed by atoms with Crippen LogP contribution in [0.25, 0.3) is 0 Å². The molecule has 0 bridgehead atoms. The number of hydrogen-bond donors (Lipinski definition) is 1. The average molecular weight is 394 g/mol. The van der Waals surface area contributed by atoms with Crippen molar-refractivity contribution < 1.29 is 19.2 Å². The number of quaternary nitrogens is 1. The summed E-state index contributed by atoms with van der Waals surface area (Å²) in [5, 5.41) is 0. The van der Waals surface area contributed by atoms with Crippen molar-refractivity contribution in [3.63, 3.8) is 0 Å². The number of benzene rings is 2. The molecule has 2 aromatic rings. The van der Waals surface area contributed by atoms with Crippen molar-refractivity contribution in [1.82, 2.24) is 0 Å². The topological polar surface area (TPSA) is 54.3 Å². The second kappa shape index (κ2) is 7.87. The smallest absolute Gasteiger partial charge is 0.303 e. The zero-order valence-electron chi connectivity index (χ0n) is 17.3. The number of Topliss-reactive ketones (excluding diaryl/α,β-unsaturated/α-hetero) is 1. The number of methoxy groups -OCH3 is 1. The molecule has 1 amide bonds. The highest BCUT2D eigenvalue weighted by Gasteiger charge is 2.38. The first kappa shape index (κ1) is 19.5. The highest BCUT2D eigenvalue weighted by molar-refractivity contribution is 6.52. The van der Waals surface area contributed by atoms with Gasteiger partial charge in [-0.15, -0.1) is 0 Å². The van der Waals surface area contributed by atoms with Gasteiger partial charge in [0.05, 0.1) is 44.5 Å². The van der Waals surface area contributed by atoms with E-state index in [1.54, 1.807) is 12.0 Å². The third-order valence-electron chi connectivity index (χ3n) is 5.95. The summed E-state index contributed by atoms with van der Waals surface area (Å²) in [6.07, 6.45) is 0. The maximum atomic E-state index is 12.6. The Labute approximate surface area is 171 Å². The number of nitrogens with zero attached hydrogens (tertiary/aromatic N) is 2. The molecule has 0 aromatic heterocycles. The molecule has 0 spiro atoms. The van der Waals surface area contributed by atoms with Gasteiger partial charge in [0, 0.05) is 5.69 Å². The second-order valence-corrected chi connectivity index (χ2v) is 8.09. The Hall–Kier alpha value is -2.86. The Morgan fingerprint density at radius 2 is 1.72 bits per heavy atom. The van der Waals surface area contributed by atoms with E-state index in [0.717, 1.165) is 43.2 Å². The van der Waals surface area contributed by atoms with Gasteiger partial charge in [0.1, 0.15) is 5.75 Å². The molecule has 2 aliphatic heterocycles. The zero-order chi connectivity index (χ0) is 20.5. The first-order valence-electron chi connectivity index (χ1n) is 10.2. The average Bonchev–Trinajstić information content (AvgIpc) is 2.99. The maximum Gasteiger partial charge on any atom is 0.303 e.